The summed E-state index contributed by atoms with van der Waals surface area (Å²) in [5.41, 5.74) is 6.20. The number of hydrogen-bond acceptors (Lipinski definition) is 10. The molecule has 1 fully saturated rings. The number of hydrogen-bond donors (Lipinski definition) is 3. The molecule has 14 heteroatoms. The predicted octanol–water partition coefficient (Wildman–Crippen LogP) is 3.81. The fourth-order valence-electron chi connectivity index (χ4n) is 3.84. The summed E-state index contributed by atoms with van der Waals surface area (Å²) in [4.78, 5) is 20.0. The first-order valence-electron chi connectivity index (χ1n) is 11.3. The molecule has 1 saturated heterocycles. The Morgan fingerprint density at radius 2 is 2.08 bits per heavy atom. The van der Waals surface area contributed by atoms with E-state index in [1.54, 1.807) is 35.8 Å². The number of rotatable bonds is 9. The van der Waals surface area contributed by atoms with Crippen LogP contribution in [0.5, 0.6) is 5.75 Å². The van der Waals surface area contributed by atoms with Crippen LogP contribution >= 0.6 is 20.1 Å². The van der Waals surface area contributed by atoms with Gasteiger partial charge >= 0.3 is 14.5 Å². The summed E-state index contributed by atoms with van der Waals surface area (Å²) in [6.07, 6.45) is 2.52. The van der Waals surface area contributed by atoms with E-state index < -0.39 is 32.6 Å². The third-order valence-corrected chi connectivity index (χ3v) is 7.16. The van der Waals surface area contributed by atoms with Crippen LogP contribution in [0.1, 0.15) is 26.5 Å². The van der Waals surface area contributed by atoms with Crippen molar-refractivity contribution in [2.45, 2.75) is 38.6 Å². The van der Waals surface area contributed by atoms with Crippen molar-refractivity contribution in [3.8, 4) is 5.75 Å². The molecule has 1 aromatic carbocycles. The van der Waals surface area contributed by atoms with Crippen molar-refractivity contribution in [1.29, 1.82) is 0 Å². The SMILES string of the molecule is CO.COC(=O)C(C)NP(OCC1CC(C)C(n2cc(F)c3c(N)ncnc32)O1)Oc1ccc(Cl)cc1. The van der Waals surface area contributed by atoms with E-state index in [9.17, 15) is 9.18 Å². The molecule has 1 aliphatic heterocycles. The molecule has 5 atom stereocenters. The molecule has 4 N–H and O–H groups in total. The van der Waals surface area contributed by atoms with Crippen molar-refractivity contribution < 1.29 is 32.8 Å². The molecule has 3 heterocycles. The van der Waals surface area contributed by atoms with Crippen LogP contribution in [0.2, 0.25) is 5.02 Å². The van der Waals surface area contributed by atoms with Gasteiger partial charge in [0.2, 0.25) is 0 Å². The van der Waals surface area contributed by atoms with E-state index >= 15 is 0 Å². The van der Waals surface area contributed by atoms with E-state index in [4.69, 9.17) is 41.0 Å². The van der Waals surface area contributed by atoms with Crippen LogP contribution in [0, 0.1) is 11.7 Å². The van der Waals surface area contributed by atoms with E-state index in [1.165, 1.54) is 19.6 Å². The molecule has 0 amide bonds. The lowest BCUT2D eigenvalue weighted by atomic mass is 10.1. The Labute approximate surface area is 220 Å². The summed E-state index contributed by atoms with van der Waals surface area (Å²) in [7, 11) is 0.580. The standard InChI is InChI=1S/C22H26ClFN5O5P.CH4O/c1-12-8-16(33-21(12)29-9-17(24)18-19(25)26-11-27-20(18)29)10-32-35(28-13(2)22(30)31-3)34-15-6-4-14(23)5-7-15;1-2/h4-7,9,11-13,16,21,28H,8,10H2,1-3H3,(H2,25,26,27);2H,1H3. The molecule has 0 aliphatic carbocycles. The fourth-order valence-corrected chi connectivity index (χ4v) is 5.18. The lowest BCUT2D eigenvalue weighted by Gasteiger charge is -2.23. The first-order chi connectivity index (χ1) is 17.8. The molecule has 0 radical (unpaired) electrons. The van der Waals surface area contributed by atoms with Gasteiger partial charge in [0.1, 0.15) is 30.2 Å². The van der Waals surface area contributed by atoms with Gasteiger partial charge in [0.15, 0.2) is 11.5 Å². The Bertz CT molecular complexity index is 1190. The van der Waals surface area contributed by atoms with E-state index in [1.807, 2.05) is 6.92 Å². The van der Waals surface area contributed by atoms with E-state index in [-0.39, 0.29) is 29.8 Å². The second-order valence-corrected chi connectivity index (χ2v) is 9.83. The van der Waals surface area contributed by atoms with Crippen LogP contribution in [-0.2, 0) is 18.8 Å². The third-order valence-electron chi connectivity index (χ3n) is 5.55. The van der Waals surface area contributed by atoms with Crippen LogP contribution in [-0.4, -0.2) is 58.6 Å². The number of ether oxygens (including phenoxy) is 2. The van der Waals surface area contributed by atoms with Crippen LogP contribution in [0.4, 0.5) is 10.2 Å². The number of methoxy groups -OCH3 is 1. The Balaban J connectivity index is 0.00000186. The lowest BCUT2D eigenvalue weighted by molar-refractivity contribution is -0.142. The van der Waals surface area contributed by atoms with Gasteiger partial charge in [-0.05, 0) is 37.6 Å². The maximum atomic E-state index is 14.5. The maximum Gasteiger partial charge on any atom is 0.323 e. The Hall–Kier alpha value is -2.60. The highest BCUT2D eigenvalue weighted by Gasteiger charge is 2.36. The van der Waals surface area contributed by atoms with Crippen LogP contribution < -0.4 is 15.3 Å². The zero-order chi connectivity index (χ0) is 27.1. The minimum absolute atomic E-state index is 0.0418. The van der Waals surface area contributed by atoms with Gasteiger partial charge in [-0.25, -0.2) is 19.4 Å². The molecule has 0 bridgehead atoms. The molecule has 5 unspecified atom stereocenters. The summed E-state index contributed by atoms with van der Waals surface area (Å²) in [6, 6.07) is 6.13. The van der Waals surface area contributed by atoms with Gasteiger partial charge in [0.05, 0.1) is 25.2 Å². The Morgan fingerprint density at radius 1 is 1.38 bits per heavy atom. The smallest absolute Gasteiger partial charge is 0.323 e. The average Bonchev–Trinajstić information content (AvgIpc) is 3.44. The number of anilines is 1. The van der Waals surface area contributed by atoms with Crippen molar-refractivity contribution in [3.63, 3.8) is 0 Å². The molecular formula is C23H30ClFN5O6P. The molecule has 202 valence electrons. The molecule has 0 spiro atoms. The van der Waals surface area contributed by atoms with Crippen LogP contribution in [0.3, 0.4) is 0 Å². The molecule has 0 saturated carbocycles. The molecular weight excluding hydrogens is 528 g/mol. The largest absolute Gasteiger partial charge is 0.468 e. The topological polar surface area (TPSA) is 143 Å². The predicted molar refractivity (Wildman–Crippen MR) is 137 cm³/mol. The highest BCUT2D eigenvalue weighted by Crippen LogP contribution is 2.41. The van der Waals surface area contributed by atoms with Gasteiger partial charge in [-0.2, -0.15) is 0 Å². The van der Waals surface area contributed by atoms with Gasteiger partial charge < -0.3 is 33.9 Å². The van der Waals surface area contributed by atoms with Gasteiger partial charge in [-0.3, -0.25) is 4.79 Å². The van der Waals surface area contributed by atoms with E-state index in [0.29, 0.717) is 22.8 Å². The maximum absolute atomic E-state index is 14.5. The lowest BCUT2D eigenvalue weighted by Crippen LogP contribution is -2.33. The molecule has 11 nitrogen and oxygen atoms in total. The number of esters is 1. The number of carbonyl (C=O) groups excluding carboxylic acids is 1. The number of aliphatic hydroxyl groups is 1. The molecule has 4 rings (SSSR count). The van der Waals surface area contributed by atoms with Crippen molar-refractivity contribution in [2.24, 2.45) is 5.92 Å². The van der Waals surface area contributed by atoms with Gasteiger partial charge in [0.25, 0.3) is 0 Å². The van der Waals surface area contributed by atoms with E-state index in [0.717, 1.165) is 7.11 Å². The second-order valence-electron chi connectivity index (χ2n) is 8.18. The first kappa shape index (κ1) is 29.0. The van der Waals surface area contributed by atoms with Crippen LogP contribution in [0.15, 0.2) is 36.8 Å². The average molecular weight is 558 g/mol. The number of nitrogens with one attached hydrogen (secondary N) is 1. The summed E-state index contributed by atoms with van der Waals surface area (Å²) in [5, 5.41) is 10.8. The van der Waals surface area contributed by atoms with Crippen molar-refractivity contribution in [2.75, 3.05) is 26.6 Å². The Morgan fingerprint density at radius 3 is 2.76 bits per heavy atom. The second kappa shape index (κ2) is 13.3. The zero-order valence-corrected chi connectivity index (χ0v) is 22.4. The van der Waals surface area contributed by atoms with Crippen LogP contribution in [0.25, 0.3) is 11.0 Å². The number of aromatic nitrogens is 3. The van der Waals surface area contributed by atoms with Crippen molar-refractivity contribution >= 4 is 42.9 Å². The minimum atomic E-state index is -1.73. The van der Waals surface area contributed by atoms with Crippen molar-refractivity contribution in [3.05, 3.63) is 47.6 Å². The quantitative estimate of drug-likeness (QED) is 0.262. The summed E-state index contributed by atoms with van der Waals surface area (Å²) >= 11 is 5.95. The minimum Gasteiger partial charge on any atom is -0.468 e. The number of aliphatic hydroxyl groups excluding tert-OH is 1. The number of nitrogen functional groups attached to an aromatic ring is 1. The molecule has 37 heavy (non-hydrogen) atoms. The Kier molecular flexibility index (Phi) is 10.4. The number of halogens is 2. The highest BCUT2D eigenvalue weighted by molar-refractivity contribution is 7.45. The highest BCUT2D eigenvalue weighted by atomic mass is 35.5. The van der Waals surface area contributed by atoms with Gasteiger partial charge in [0, 0.05) is 24.2 Å². The molecule has 2 aromatic heterocycles. The van der Waals surface area contributed by atoms with Gasteiger partial charge in [-0.15, -0.1) is 0 Å². The fraction of sp³-hybridized carbons (Fsp3) is 0.435. The normalized spacial score (nSPS) is 20.7. The number of carbonyl (C=O) groups is 1. The molecule has 3 aromatic rings. The summed E-state index contributed by atoms with van der Waals surface area (Å²) in [6.45, 7) is 3.84. The number of fused-ring (bicyclic) bond motifs is 1. The van der Waals surface area contributed by atoms with E-state index in [2.05, 4.69) is 15.1 Å². The first-order valence-corrected chi connectivity index (χ1v) is 12.9. The molecule has 1 aliphatic rings. The monoisotopic (exact) mass is 557 g/mol. The van der Waals surface area contributed by atoms with Crippen molar-refractivity contribution in [1.82, 2.24) is 19.6 Å². The summed E-state index contributed by atoms with van der Waals surface area (Å²) < 4.78 is 39.1. The zero-order valence-electron chi connectivity index (χ0n) is 20.8. The third kappa shape index (κ3) is 7.04. The summed E-state index contributed by atoms with van der Waals surface area (Å²) in [5.74, 6) is -0.313. The number of benzene rings is 1. The number of nitrogens with zero attached hydrogens (tertiary/aromatic N) is 3. The number of nitrogens with two attached hydrogens (primary N) is 1. The van der Waals surface area contributed by atoms with Gasteiger partial charge in [-0.1, -0.05) is 18.5 Å².